The molecule has 0 heterocycles. The predicted molar refractivity (Wildman–Crippen MR) is 175 cm³/mol. The number of amides is 1. The summed E-state index contributed by atoms with van der Waals surface area (Å²) in [4.78, 5) is 12.3. The molecule has 0 radical (unpaired) electrons. The number of unbranched alkanes of at least 4 members (excludes halogenated alkanes) is 22. The Kier molecular flexibility index (Phi) is 31.5. The monoisotopic (exact) mass is 564 g/mol. The normalized spacial score (nSPS) is 13.4. The minimum Gasteiger partial charge on any atom is -0.394 e. The van der Waals surface area contributed by atoms with Gasteiger partial charge in [-0.2, -0.15) is 0 Å². The first-order chi connectivity index (χ1) is 19.7. The molecule has 0 saturated heterocycles. The minimum absolute atomic E-state index is 0.0750. The van der Waals surface area contributed by atoms with Gasteiger partial charge in [0.1, 0.15) is 0 Å². The highest BCUT2D eigenvalue weighted by molar-refractivity contribution is 5.76. The first-order valence-corrected chi connectivity index (χ1v) is 17.6. The van der Waals surface area contributed by atoms with Crippen LogP contribution in [0.25, 0.3) is 0 Å². The second kappa shape index (κ2) is 32.4. The summed E-state index contributed by atoms with van der Waals surface area (Å²) in [7, 11) is 0. The molecule has 0 aromatic heterocycles. The molecule has 0 aromatic carbocycles. The number of aliphatic hydroxyl groups excluding tert-OH is 2. The van der Waals surface area contributed by atoms with E-state index in [1.54, 1.807) is 6.08 Å². The Morgan fingerprint density at radius 3 is 1.40 bits per heavy atom. The van der Waals surface area contributed by atoms with Crippen LogP contribution < -0.4 is 5.32 Å². The van der Waals surface area contributed by atoms with Gasteiger partial charge in [-0.1, -0.05) is 154 Å². The molecule has 1 amide bonds. The van der Waals surface area contributed by atoms with E-state index in [2.05, 4.69) is 31.3 Å². The van der Waals surface area contributed by atoms with Gasteiger partial charge in [0.15, 0.2) is 0 Å². The van der Waals surface area contributed by atoms with E-state index in [4.69, 9.17) is 0 Å². The Morgan fingerprint density at radius 2 is 0.950 bits per heavy atom. The lowest BCUT2D eigenvalue weighted by atomic mass is 10.0. The molecule has 4 nitrogen and oxygen atoms in total. The molecule has 0 spiro atoms. The van der Waals surface area contributed by atoms with Crippen molar-refractivity contribution in [2.75, 3.05) is 6.61 Å². The number of allylic oxidation sites excluding steroid dienone is 3. The summed E-state index contributed by atoms with van der Waals surface area (Å²) in [5.41, 5.74) is 0. The molecule has 0 aliphatic carbocycles. The molecule has 0 unspecified atom stereocenters. The smallest absolute Gasteiger partial charge is 0.220 e. The fraction of sp³-hybridized carbons (Fsp3) is 0.861. The van der Waals surface area contributed by atoms with Crippen molar-refractivity contribution < 1.29 is 15.0 Å². The van der Waals surface area contributed by atoms with Crippen molar-refractivity contribution in [3.63, 3.8) is 0 Å². The highest BCUT2D eigenvalue weighted by atomic mass is 16.3. The van der Waals surface area contributed by atoms with Crippen molar-refractivity contribution in [2.24, 2.45) is 0 Å². The Balaban J connectivity index is 3.65. The van der Waals surface area contributed by atoms with Gasteiger partial charge in [0.05, 0.1) is 18.8 Å². The van der Waals surface area contributed by atoms with Gasteiger partial charge in [-0.05, 0) is 44.9 Å². The number of hydrogen-bond acceptors (Lipinski definition) is 3. The summed E-state index contributed by atoms with van der Waals surface area (Å²) in [6.45, 7) is 4.27. The van der Waals surface area contributed by atoms with E-state index < -0.39 is 12.1 Å². The number of rotatable bonds is 31. The largest absolute Gasteiger partial charge is 0.394 e. The predicted octanol–water partition coefficient (Wildman–Crippen LogP) is 10.1. The summed E-state index contributed by atoms with van der Waals surface area (Å²) < 4.78 is 0. The SMILES string of the molecule is CCCCCC/C=C/CCCCCCCC(=O)N[C@@H](CO)[C@H](O)/C=C/CCCCCCCCCCCCCCC. The van der Waals surface area contributed by atoms with Gasteiger partial charge in [-0.15, -0.1) is 0 Å². The number of carbonyl (C=O) groups is 1. The lowest BCUT2D eigenvalue weighted by Gasteiger charge is -2.20. The maximum atomic E-state index is 12.3. The van der Waals surface area contributed by atoms with E-state index in [1.807, 2.05) is 6.08 Å². The third kappa shape index (κ3) is 28.4. The summed E-state index contributed by atoms with van der Waals surface area (Å²) in [5, 5.41) is 22.8. The van der Waals surface area contributed by atoms with E-state index in [9.17, 15) is 15.0 Å². The standard InChI is InChI=1S/C36H69NO3/c1-3-5-7-9-11-13-15-17-18-20-21-23-25-27-29-31-35(39)34(33-38)37-36(40)32-30-28-26-24-22-19-16-14-12-10-8-6-4-2/h14,16,29,31,34-35,38-39H,3-13,15,17-28,30,32-33H2,1-2H3,(H,37,40)/b16-14+,31-29+/t34-,35+/m0/s1. The number of carbonyl (C=O) groups excluding carboxylic acids is 1. The summed E-state index contributed by atoms with van der Waals surface area (Å²) in [6.07, 6.45) is 39.7. The molecule has 0 aliphatic heterocycles. The van der Waals surface area contributed by atoms with Crippen molar-refractivity contribution in [1.82, 2.24) is 5.32 Å². The van der Waals surface area contributed by atoms with Gasteiger partial charge in [0.2, 0.25) is 5.91 Å². The van der Waals surface area contributed by atoms with Gasteiger partial charge in [0.25, 0.3) is 0 Å². The third-order valence-corrected chi connectivity index (χ3v) is 7.93. The van der Waals surface area contributed by atoms with Crippen molar-refractivity contribution in [2.45, 2.75) is 193 Å². The molecule has 0 rings (SSSR count). The fourth-order valence-corrected chi connectivity index (χ4v) is 5.17. The maximum absolute atomic E-state index is 12.3. The Labute approximate surface area is 249 Å². The average Bonchev–Trinajstić information content (AvgIpc) is 2.96. The highest BCUT2D eigenvalue weighted by Crippen LogP contribution is 2.13. The molecule has 40 heavy (non-hydrogen) atoms. The van der Waals surface area contributed by atoms with Gasteiger partial charge in [0, 0.05) is 6.42 Å². The van der Waals surface area contributed by atoms with Crippen LogP contribution in [0.5, 0.6) is 0 Å². The molecule has 0 fully saturated rings. The Hall–Kier alpha value is -1.13. The van der Waals surface area contributed by atoms with Crippen molar-refractivity contribution in [3.05, 3.63) is 24.3 Å². The average molecular weight is 564 g/mol. The van der Waals surface area contributed by atoms with E-state index in [1.165, 1.54) is 122 Å². The Bertz CT molecular complexity index is 574. The minimum atomic E-state index is -0.837. The lowest BCUT2D eigenvalue weighted by Crippen LogP contribution is -2.45. The molecule has 0 aliphatic rings. The number of nitrogens with one attached hydrogen (secondary N) is 1. The molecule has 2 atom stereocenters. The second-order valence-corrected chi connectivity index (χ2v) is 11.9. The van der Waals surface area contributed by atoms with E-state index in [0.29, 0.717) is 6.42 Å². The van der Waals surface area contributed by atoms with Gasteiger partial charge in [-0.3, -0.25) is 4.79 Å². The zero-order valence-electron chi connectivity index (χ0n) is 26.9. The van der Waals surface area contributed by atoms with Gasteiger partial charge in [-0.25, -0.2) is 0 Å². The fourth-order valence-electron chi connectivity index (χ4n) is 5.17. The first kappa shape index (κ1) is 38.9. The highest BCUT2D eigenvalue weighted by Gasteiger charge is 2.17. The molecule has 3 N–H and O–H groups in total. The molecule has 236 valence electrons. The molecule has 0 aromatic rings. The van der Waals surface area contributed by atoms with Gasteiger partial charge >= 0.3 is 0 Å². The van der Waals surface area contributed by atoms with E-state index >= 15 is 0 Å². The zero-order chi connectivity index (χ0) is 29.4. The van der Waals surface area contributed by atoms with Crippen LogP contribution in [0.1, 0.15) is 181 Å². The van der Waals surface area contributed by atoms with Crippen LogP contribution in [0.3, 0.4) is 0 Å². The zero-order valence-corrected chi connectivity index (χ0v) is 26.9. The van der Waals surface area contributed by atoms with Crippen LogP contribution in [0.15, 0.2) is 24.3 Å². The van der Waals surface area contributed by atoms with Gasteiger partial charge < -0.3 is 15.5 Å². The molecular weight excluding hydrogens is 494 g/mol. The van der Waals surface area contributed by atoms with Crippen LogP contribution in [-0.2, 0) is 4.79 Å². The van der Waals surface area contributed by atoms with Crippen LogP contribution in [-0.4, -0.2) is 34.9 Å². The van der Waals surface area contributed by atoms with Crippen molar-refractivity contribution >= 4 is 5.91 Å². The third-order valence-electron chi connectivity index (χ3n) is 7.93. The summed E-state index contributed by atoms with van der Waals surface area (Å²) >= 11 is 0. The van der Waals surface area contributed by atoms with Crippen LogP contribution in [0, 0.1) is 0 Å². The van der Waals surface area contributed by atoms with Crippen LogP contribution in [0.4, 0.5) is 0 Å². The van der Waals surface area contributed by atoms with Crippen LogP contribution >= 0.6 is 0 Å². The molecular formula is C36H69NO3. The lowest BCUT2D eigenvalue weighted by molar-refractivity contribution is -0.123. The number of aliphatic hydroxyl groups is 2. The second-order valence-electron chi connectivity index (χ2n) is 11.9. The molecule has 0 saturated carbocycles. The molecule has 4 heteroatoms. The summed E-state index contributed by atoms with van der Waals surface area (Å²) in [5.74, 6) is -0.0750. The maximum Gasteiger partial charge on any atom is 0.220 e. The van der Waals surface area contributed by atoms with E-state index in [0.717, 1.165) is 38.5 Å². The van der Waals surface area contributed by atoms with E-state index in [-0.39, 0.29) is 12.5 Å². The Morgan fingerprint density at radius 1 is 0.575 bits per heavy atom. The van der Waals surface area contributed by atoms with Crippen molar-refractivity contribution in [1.29, 1.82) is 0 Å². The quantitative estimate of drug-likeness (QED) is 0.0580. The summed E-state index contributed by atoms with van der Waals surface area (Å²) in [6, 6.07) is -0.621. The van der Waals surface area contributed by atoms with Crippen molar-refractivity contribution in [3.8, 4) is 0 Å². The number of hydrogen-bond donors (Lipinski definition) is 3. The van der Waals surface area contributed by atoms with Crippen LogP contribution in [0.2, 0.25) is 0 Å². The first-order valence-electron chi connectivity index (χ1n) is 17.6. The molecule has 0 bridgehead atoms. The topological polar surface area (TPSA) is 69.6 Å².